The van der Waals surface area contributed by atoms with Gasteiger partial charge in [0.05, 0.1) is 12.2 Å². The third-order valence-corrected chi connectivity index (χ3v) is 3.59. The zero-order valence-electron chi connectivity index (χ0n) is 11.3. The summed E-state index contributed by atoms with van der Waals surface area (Å²) in [6.07, 6.45) is 4.17. The van der Waals surface area contributed by atoms with Gasteiger partial charge in [-0.3, -0.25) is 4.98 Å². The normalized spacial score (nSPS) is 23.8. The number of hydrogen-bond acceptors (Lipinski definition) is 4. The zero-order valence-corrected chi connectivity index (χ0v) is 11.3. The van der Waals surface area contributed by atoms with Crippen molar-refractivity contribution in [1.82, 2.24) is 4.98 Å². The predicted molar refractivity (Wildman–Crippen MR) is 78.4 cm³/mol. The first-order chi connectivity index (χ1) is 9.15. The molecular weight excluding hydrogens is 238 g/mol. The molecule has 0 amide bonds. The number of nitrogens with zero attached hydrogens (tertiary/aromatic N) is 2. The molecule has 3 rings (SSSR count). The highest BCUT2D eigenvalue weighted by atomic mass is 16.5. The molecule has 0 spiro atoms. The van der Waals surface area contributed by atoms with Crippen molar-refractivity contribution in [2.24, 2.45) is 0 Å². The van der Waals surface area contributed by atoms with Crippen molar-refractivity contribution in [3.8, 4) is 0 Å². The van der Waals surface area contributed by atoms with Crippen molar-refractivity contribution < 1.29 is 4.74 Å². The number of benzene rings is 1. The Morgan fingerprint density at radius 3 is 2.63 bits per heavy atom. The van der Waals surface area contributed by atoms with Crippen molar-refractivity contribution in [2.45, 2.75) is 26.1 Å². The Kier molecular flexibility index (Phi) is 3.03. The van der Waals surface area contributed by atoms with E-state index in [2.05, 4.69) is 29.8 Å². The van der Waals surface area contributed by atoms with Gasteiger partial charge in [-0.2, -0.15) is 0 Å². The molecule has 2 atom stereocenters. The molecule has 1 saturated heterocycles. The number of ether oxygens (including phenoxy) is 1. The summed E-state index contributed by atoms with van der Waals surface area (Å²) in [4.78, 5) is 6.60. The molecule has 1 aromatic carbocycles. The molecule has 0 saturated carbocycles. The molecule has 100 valence electrons. The first-order valence-electron chi connectivity index (χ1n) is 6.68. The van der Waals surface area contributed by atoms with Crippen LogP contribution in [0.3, 0.4) is 0 Å². The third kappa shape index (κ3) is 2.24. The summed E-state index contributed by atoms with van der Waals surface area (Å²) in [5.74, 6) is 0. The van der Waals surface area contributed by atoms with Crippen LogP contribution in [0, 0.1) is 0 Å². The van der Waals surface area contributed by atoms with Gasteiger partial charge in [0.15, 0.2) is 0 Å². The highest BCUT2D eigenvalue weighted by molar-refractivity contribution is 6.00. The molecule has 0 aliphatic carbocycles. The van der Waals surface area contributed by atoms with Gasteiger partial charge in [-0.15, -0.1) is 0 Å². The summed E-state index contributed by atoms with van der Waals surface area (Å²) < 4.78 is 5.79. The fraction of sp³-hybridized carbons (Fsp3) is 0.400. The minimum absolute atomic E-state index is 0.244. The van der Waals surface area contributed by atoms with Gasteiger partial charge < -0.3 is 15.4 Å². The molecule has 1 aliphatic heterocycles. The van der Waals surface area contributed by atoms with E-state index in [1.165, 1.54) is 5.69 Å². The van der Waals surface area contributed by atoms with E-state index >= 15 is 0 Å². The second-order valence-corrected chi connectivity index (χ2v) is 5.26. The fourth-order valence-electron chi connectivity index (χ4n) is 2.85. The molecule has 2 heterocycles. The molecule has 0 bridgehead atoms. The molecule has 0 radical (unpaired) electrons. The third-order valence-electron chi connectivity index (χ3n) is 3.59. The number of nitrogen functional groups attached to an aromatic ring is 1. The van der Waals surface area contributed by atoms with E-state index in [4.69, 9.17) is 10.5 Å². The maximum atomic E-state index is 6.04. The van der Waals surface area contributed by atoms with Crippen LogP contribution < -0.4 is 10.6 Å². The molecule has 19 heavy (non-hydrogen) atoms. The van der Waals surface area contributed by atoms with E-state index in [1.54, 1.807) is 6.20 Å². The molecule has 2 N–H and O–H groups in total. The predicted octanol–water partition coefficient (Wildman–Crippen LogP) is 2.43. The maximum absolute atomic E-state index is 6.04. The lowest BCUT2D eigenvalue weighted by Crippen LogP contribution is -2.45. The summed E-state index contributed by atoms with van der Waals surface area (Å²) in [7, 11) is 0. The first kappa shape index (κ1) is 12.2. The van der Waals surface area contributed by atoms with E-state index in [0.29, 0.717) is 0 Å². The molecule has 2 aromatic rings. The van der Waals surface area contributed by atoms with Gasteiger partial charge >= 0.3 is 0 Å². The summed E-state index contributed by atoms with van der Waals surface area (Å²) in [6, 6.07) is 6.04. The maximum Gasteiger partial charge on any atom is 0.0726 e. The Balaban J connectivity index is 2.07. The van der Waals surface area contributed by atoms with Crippen LogP contribution in [-0.2, 0) is 4.74 Å². The minimum atomic E-state index is 0.244. The van der Waals surface area contributed by atoms with E-state index in [9.17, 15) is 0 Å². The standard InChI is InChI=1S/C15H19N3O/c1-10-8-18(9-11(2)19-10)15-4-3-14(16)12-5-6-17-7-13(12)15/h3-7,10-11H,8-9,16H2,1-2H3. The van der Waals surface area contributed by atoms with Crippen LogP contribution in [0.5, 0.6) is 0 Å². The molecule has 1 aliphatic rings. The zero-order chi connectivity index (χ0) is 13.4. The number of morpholine rings is 1. The van der Waals surface area contributed by atoms with Crippen molar-refractivity contribution in [1.29, 1.82) is 0 Å². The number of fused-ring (bicyclic) bond motifs is 1. The van der Waals surface area contributed by atoms with E-state index in [-0.39, 0.29) is 12.2 Å². The summed E-state index contributed by atoms with van der Waals surface area (Å²) in [5.41, 5.74) is 8.03. The Morgan fingerprint density at radius 2 is 1.89 bits per heavy atom. The molecule has 2 unspecified atom stereocenters. The number of aromatic nitrogens is 1. The van der Waals surface area contributed by atoms with Gasteiger partial charge in [-0.1, -0.05) is 0 Å². The van der Waals surface area contributed by atoms with Crippen molar-refractivity contribution in [3.63, 3.8) is 0 Å². The summed E-state index contributed by atoms with van der Waals surface area (Å²) >= 11 is 0. The van der Waals surface area contributed by atoms with Gasteiger partial charge in [0, 0.05) is 47.6 Å². The van der Waals surface area contributed by atoms with Crippen LogP contribution in [0.4, 0.5) is 11.4 Å². The number of hydrogen-bond donors (Lipinski definition) is 1. The number of pyridine rings is 1. The van der Waals surface area contributed by atoms with Crippen LogP contribution in [0.2, 0.25) is 0 Å². The van der Waals surface area contributed by atoms with Crippen LogP contribution >= 0.6 is 0 Å². The second-order valence-electron chi connectivity index (χ2n) is 5.26. The Bertz CT molecular complexity index is 589. The van der Waals surface area contributed by atoms with Gasteiger partial charge in [-0.25, -0.2) is 0 Å². The SMILES string of the molecule is CC1CN(c2ccc(N)c3ccncc23)CC(C)O1. The highest BCUT2D eigenvalue weighted by Crippen LogP contribution is 2.31. The lowest BCUT2D eigenvalue weighted by Gasteiger charge is -2.37. The largest absolute Gasteiger partial charge is 0.398 e. The lowest BCUT2D eigenvalue weighted by molar-refractivity contribution is -0.00513. The van der Waals surface area contributed by atoms with Crippen molar-refractivity contribution in [3.05, 3.63) is 30.6 Å². The highest BCUT2D eigenvalue weighted by Gasteiger charge is 2.23. The molecule has 4 nitrogen and oxygen atoms in total. The molecule has 4 heteroatoms. The smallest absolute Gasteiger partial charge is 0.0726 e. The van der Waals surface area contributed by atoms with Crippen LogP contribution in [0.25, 0.3) is 10.8 Å². The number of rotatable bonds is 1. The quantitative estimate of drug-likeness (QED) is 0.797. The molecular formula is C15H19N3O. The fourth-order valence-corrected chi connectivity index (χ4v) is 2.85. The minimum Gasteiger partial charge on any atom is -0.398 e. The molecule has 1 fully saturated rings. The molecule has 1 aromatic heterocycles. The van der Waals surface area contributed by atoms with Gasteiger partial charge in [0.2, 0.25) is 0 Å². The number of nitrogens with two attached hydrogens (primary N) is 1. The number of anilines is 2. The summed E-state index contributed by atoms with van der Waals surface area (Å²) in [6.45, 7) is 6.03. The Morgan fingerprint density at radius 1 is 1.16 bits per heavy atom. The van der Waals surface area contributed by atoms with Crippen LogP contribution in [0.15, 0.2) is 30.6 Å². The van der Waals surface area contributed by atoms with E-state index < -0.39 is 0 Å². The van der Waals surface area contributed by atoms with E-state index in [1.807, 2.05) is 18.3 Å². The van der Waals surface area contributed by atoms with Gasteiger partial charge in [-0.05, 0) is 32.0 Å². The average molecular weight is 257 g/mol. The Hall–Kier alpha value is -1.81. The van der Waals surface area contributed by atoms with Crippen LogP contribution in [-0.4, -0.2) is 30.3 Å². The summed E-state index contributed by atoms with van der Waals surface area (Å²) in [5, 5.41) is 2.18. The topological polar surface area (TPSA) is 51.4 Å². The van der Waals surface area contributed by atoms with Gasteiger partial charge in [0.1, 0.15) is 0 Å². The van der Waals surface area contributed by atoms with Crippen molar-refractivity contribution >= 4 is 22.1 Å². The second kappa shape index (κ2) is 4.70. The van der Waals surface area contributed by atoms with Crippen LogP contribution in [0.1, 0.15) is 13.8 Å². The first-order valence-corrected chi connectivity index (χ1v) is 6.68. The Labute approximate surface area is 113 Å². The van der Waals surface area contributed by atoms with E-state index in [0.717, 1.165) is 29.5 Å². The lowest BCUT2D eigenvalue weighted by atomic mass is 10.1. The average Bonchev–Trinajstić information content (AvgIpc) is 2.38. The monoisotopic (exact) mass is 257 g/mol. The van der Waals surface area contributed by atoms with Gasteiger partial charge in [0.25, 0.3) is 0 Å². The van der Waals surface area contributed by atoms with Crippen molar-refractivity contribution in [2.75, 3.05) is 23.7 Å².